The summed E-state index contributed by atoms with van der Waals surface area (Å²) in [5, 5.41) is 10.7. The van der Waals surface area contributed by atoms with E-state index < -0.39 is 97.5 Å². The van der Waals surface area contributed by atoms with Crippen LogP contribution in [0.15, 0.2) is 0 Å². The van der Waals surface area contributed by atoms with Gasteiger partial charge in [-0.2, -0.15) is 0 Å². The Bertz CT molecular complexity index is 2030. The maximum atomic E-state index is 13.2. The highest BCUT2D eigenvalue weighted by atomic mass is 31.2. The van der Waals surface area contributed by atoms with Gasteiger partial charge < -0.3 is 33.8 Å². The van der Waals surface area contributed by atoms with E-state index in [1.807, 2.05) is 0 Å². The molecule has 0 heterocycles. The van der Waals surface area contributed by atoms with Gasteiger partial charge in [0.2, 0.25) is 0 Å². The zero-order valence-electron chi connectivity index (χ0n) is 70.3. The van der Waals surface area contributed by atoms with Gasteiger partial charge in [0.05, 0.1) is 26.4 Å². The molecule has 0 rings (SSSR count). The van der Waals surface area contributed by atoms with Crippen LogP contribution in [0.3, 0.4) is 0 Å². The zero-order chi connectivity index (χ0) is 78.3. The Kier molecular flexibility index (Phi) is 79.2. The van der Waals surface area contributed by atoms with E-state index in [1.165, 1.54) is 302 Å². The summed E-state index contributed by atoms with van der Waals surface area (Å²) in [7, 11) is -9.93. The second kappa shape index (κ2) is 80.7. The Morgan fingerprint density at radius 1 is 0.262 bits per heavy atom. The normalized spacial score (nSPS) is 14.0. The second-order valence-corrected chi connectivity index (χ2v) is 34.8. The number of unbranched alkanes of at least 4 members (excludes halogenated alkanes) is 59. The molecule has 6 atom stereocenters. The lowest BCUT2D eigenvalue weighted by Gasteiger charge is -2.21. The molecular formula is C88H172O17P2. The molecule has 3 unspecified atom stereocenters. The number of aliphatic hydroxyl groups is 1. The molecule has 0 aromatic carbocycles. The monoisotopic (exact) mass is 1560 g/mol. The second-order valence-electron chi connectivity index (χ2n) is 31.9. The number of hydrogen-bond acceptors (Lipinski definition) is 15. The Balaban J connectivity index is 5.25. The van der Waals surface area contributed by atoms with Crippen molar-refractivity contribution in [1.82, 2.24) is 0 Å². The number of phosphoric ester groups is 2. The first kappa shape index (κ1) is 105. The lowest BCUT2D eigenvalue weighted by Crippen LogP contribution is -2.30. The highest BCUT2D eigenvalue weighted by molar-refractivity contribution is 7.47. The van der Waals surface area contributed by atoms with Gasteiger partial charge in [-0.1, -0.05) is 426 Å². The lowest BCUT2D eigenvalue weighted by molar-refractivity contribution is -0.161. The van der Waals surface area contributed by atoms with Gasteiger partial charge in [0.15, 0.2) is 12.2 Å². The minimum atomic E-state index is -4.97. The molecule has 0 amide bonds. The van der Waals surface area contributed by atoms with Crippen LogP contribution in [0, 0.1) is 5.92 Å². The van der Waals surface area contributed by atoms with Crippen LogP contribution in [-0.2, 0) is 65.4 Å². The number of esters is 4. The van der Waals surface area contributed by atoms with Crippen molar-refractivity contribution < 1.29 is 80.2 Å². The van der Waals surface area contributed by atoms with E-state index in [-0.39, 0.29) is 25.7 Å². The van der Waals surface area contributed by atoms with Crippen molar-refractivity contribution in [2.45, 2.75) is 496 Å². The van der Waals surface area contributed by atoms with Crippen LogP contribution in [0.5, 0.6) is 0 Å². The molecule has 0 saturated heterocycles. The Morgan fingerprint density at radius 2 is 0.449 bits per heavy atom. The molecule has 0 aliphatic heterocycles. The molecule has 0 fully saturated rings. The summed E-state index contributed by atoms with van der Waals surface area (Å²) in [6.45, 7) is 7.44. The van der Waals surface area contributed by atoms with Crippen molar-refractivity contribution in [2.24, 2.45) is 5.92 Å². The number of rotatable bonds is 88. The number of carbonyl (C=O) groups is 4. The van der Waals surface area contributed by atoms with Crippen LogP contribution in [-0.4, -0.2) is 96.7 Å². The molecule has 0 bridgehead atoms. The van der Waals surface area contributed by atoms with E-state index in [0.717, 1.165) is 95.8 Å². The fourth-order valence-electron chi connectivity index (χ4n) is 13.8. The molecule has 0 spiro atoms. The first-order valence-electron chi connectivity index (χ1n) is 45.7. The van der Waals surface area contributed by atoms with Gasteiger partial charge in [-0.25, -0.2) is 9.13 Å². The van der Waals surface area contributed by atoms with Crippen LogP contribution >= 0.6 is 15.6 Å². The molecule has 0 aromatic rings. The summed E-state index contributed by atoms with van der Waals surface area (Å²) in [6.07, 6.45) is 74.8. The molecule has 107 heavy (non-hydrogen) atoms. The average molecular weight is 1560 g/mol. The van der Waals surface area contributed by atoms with Crippen molar-refractivity contribution >= 4 is 39.5 Å². The van der Waals surface area contributed by atoms with E-state index >= 15 is 0 Å². The first-order valence-corrected chi connectivity index (χ1v) is 48.7. The number of ether oxygens (including phenoxy) is 4. The summed E-state index contributed by atoms with van der Waals surface area (Å²) in [4.78, 5) is 73.3. The summed E-state index contributed by atoms with van der Waals surface area (Å²) < 4.78 is 69.0. The van der Waals surface area contributed by atoms with E-state index in [4.69, 9.17) is 37.0 Å². The summed E-state index contributed by atoms with van der Waals surface area (Å²) >= 11 is 0. The van der Waals surface area contributed by atoms with E-state index in [0.29, 0.717) is 25.7 Å². The third-order valence-corrected chi connectivity index (χ3v) is 23.0. The summed E-state index contributed by atoms with van der Waals surface area (Å²) in [6, 6.07) is 0. The van der Waals surface area contributed by atoms with Crippen molar-refractivity contribution in [3.63, 3.8) is 0 Å². The highest BCUT2D eigenvalue weighted by Crippen LogP contribution is 2.45. The van der Waals surface area contributed by atoms with Crippen LogP contribution in [0.1, 0.15) is 478 Å². The Morgan fingerprint density at radius 3 is 0.664 bits per heavy atom. The van der Waals surface area contributed by atoms with Crippen molar-refractivity contribution in [3.05, 3.63) is 0 Å². The molecule has 3 N–H and O–H groups in total. The summed E-state index contributed by atoms with van der Waals surface area (Å²) in [5.74, 6) is -1.24. The van der Waals surface area contributed by atoms with Gasteiger partial charge in [-0.3, -0.25) is 37.3 Å². The first-order chi connectivity index (χ1) is 52.1. The predicted molar refractivity (Wildman–Crippen MR) is 442 cm³/mol. The molecule has 0 radical (unpaired) electrons. The number of aliphatic hydroxyl groups excluding tert-OH is 1. The number of carbonyl (C=O) groups excluding carboxylic acids is 4. The largest absolute Gasteiger partial charge is 0.472 e. The molecule has 0 aliphatic rings. The quantitative estimate of drug-likeness (QED) is 0.0222. The Hall–Kier alpha value is -1.94. The third kappa shape index (κ3) is 80.5. The van der Waals surface area contributed by atoms with E-state index in [2.05, 4.69) is 34.6 Å². The van der Waals surface area contributed by atoms with Gasteiger partial charge >= 0.3 is 39.5 Å². The van der Waals surface area contributed by atoms with Gasteiger partial charge in [0.1, 0.15) is 19.3 Å². The maximum Gasteiger partial charge on any atom is 0.472 e. The standard InChI is InChI=1S/C88H172O17P2/c1-6-10-13-16-19-22-25-28-30-32-33-34-36-38-44-49-54-59-64-69-74-88(93)105-84(78-99-86(91)72-67-62-57-52-47-42-40-39-41-45-50-55-60-65-70-81(5)9-4)80-103-107(96,97)101-76-82(89)75-100-106(94,95)102-79-83(77-98-85(90)71-66-61-56-51-46-27-24-21-18-15-12-8-3)104-87(92)73-68-63-58-53-48-43-37-35-31-29-26-23-20-17-14-11-7-2/h81-84,89H,6-80H2,1-5H3,(H,94,95)(H,96,97)/t81?,82-,83+,84+/m0/s1. The average Bonchev–Trinajstić information content (AvgIpc) is 0.903. The third-order valence-electron chi connectivity index (χ3n) is 21.1. The highest BCUT2D eigenvalue weighted by Gasteiger charge is 2.30. The van der Waals surface area contributed by atoms with E-state index in [1.54, 1.807) is 0 Å². The molecule has 0 aromatic heterocycles. The minimum Gasteiger partial charge on any atom is -0.462 e. The molecule has 0 saturated carbocycles. The van der Waals surface area contributed by atoms with Crippen LogP contribution in [0.25, 0.3) is 0 Å². The molecule has 19 heteroatoms. The Labute approximate surface area is 658 Å². The van der Waals surface area contributed by atoms with Crippen molar-refractivity contribution in [2.75, 3.05) is 39.6 Å². The molecule has 17 nitrogen and oxygen atoms in total. The topological polar surface area (TPSA) is 237 Å². The number of phosphoric acid groups is 2. The SMILES string of the molecule is CCCCCCCCCCCCCCCCCCCCCCC(=O)O[C@H](COC(=O)CCCCCCCCCCCCCCCCC(C)CC)COP(=O)(O)OC[C@@H](O)COP(=O)(O)OC[C@@H](COC(=O)CCCCCCCCCCCCCC)OC(=O)CCCCCCCCCCCCCCCCCCC. The van der Waals surface area contributed by atoms with Gasteiger partial charge in [-0.15, -0.1) is 0 Å². The zero-order valence-corrected chi connectivity index (χ0v) is 72.1. The van der Waals surface area contributed by atoms with E-state index in [9.17, 15) is 43.2 Å². The molecular weight excluding hydrogens is 1390 g/mol. The molecule has 636 valence electrons. The lowest BCUT2D eigenvalue weighted by atomic mass is 9.99. The smallest absolute Gasteiger partial charge is 0.462 e. The van der Waals surface area contributed by atoms with Gasteiger partial charge in [0.25, 0.3) is 0 Å². The minimum absolute atomic E-state index is 0.109. The maximum absolute atomic E-state index is 13.2. The fraction of sp³-hybridized carbons (Fsp3) is 0.955. The van der Waals surface area contributed by atoms with Crippen LogP contribution in [0.2, 0.25) is 0 Å². The molecule has 0 aliphatic carbocycles. The number of hydrogen-bond donors (Lipinski definition) is 3. The van der Waals surface area contributed by atoms with Crippen LogP contribution < -0.4 is 0 Å². The van der Waals surface area contributed by atoms with Gasteiger partial charge in [-0.05, 0) is 31.6 Å². The van der Waals surface area contributed by atoms with Crippen molar-refractivity contribution in [3.8, 4) is 0 Å². The van der Waals surface area contributed by atoms with Crippen LogP contribution in [0.4, 0.5) is 0 Å². The predicted octanol–water partition coefficient (Wildman–Crippen LogP) is 27.2. The fourth-order valence-corrected chi connectivity index (χ4v) is 15.4. The van der Waals surface area contributed by atoms with Crippen molar-refractivity contribution in [1.29, 1.82) is 0 Å². The van der Waals surface area contributed by atoms with Gasteiger partial charge in [0, 0.05) is 25.7 Å². The summed E-state index contributed by atoms with van der Waals surface area (Å²) in [5.41, 5.74) is 0.